The number of hydrogen-bond acceptors (Lipinski definition) is 2. The van der Waals surface area contributed by atoms with Gasteiger partial charge in [0.25, 0.3) is 0 Å². The molecular weight excluding hydrogens is 260 g/mol. The van der Waals surface area contributed by atoms with Gasteiger partial charge < -0.3 is 10.6 Å². The van der Waals surface area contributed by atoms with Crippen molar-refractivity contribution in [3.05, 3.63) is 34.9 Å². The summed E-state index contributed by atoms with van der Waals surface area (Å²) in [5.74, 6) is 0.359. The molecule has 0 bridgehead atoms. The first kappa shape index (κ1) is 16.0. The lowest BCUT2D eigenvalue weighted by atomic mass is 9.98. The standard InChI is InChI=1S/C15H22N2O.ClH/c1-10-4-5-13(11(2)6-10)7-12(3)17-15(18)14-8-16-9-14;/h4-6,12,14,16H,7-9H2,1-3H3,(H,17,18);1H. The molecule has 4 heteroatoms. The molecular formula is C15H23ClN2O. The van der Waals surface area contributed by atoms with Crippen LogP contribution in [0.5, 0.6) is 0 Å². The summed E-state index contributed by atoms with van der Waals surface area (Å²) >= 11 is 0. The first-order valence-corrected chi connectivity index (χ1v) is 6.63. The maximum Gasteiger partial charge on any atom is 0.225 e. The average Bonchev–Trinajstić information content (AvgIpc) is 2.19. The normalized spacial score (nSPS) is 16.2. The van der Waals surface area contributed by atoms with Crippen LogP contribution >= 0.6 is 12.4 Å². The van der Waals surface area contributed by atoms with Gasteiger partial charge >= 0.3 is 0 Å². The van der Waals surface area contributed by atoms with Crippen LogP contribution in [0.1, 0.15) is 23.6 Å². The first-order valence-electron chi connectivity index (χ1n) is 6.63. The van der Waals surface area contributed by atoms with Crippen molar-refractivity contribution in [3.63, 3.8) is 0 Å². The SMILES string of the molecule is Cc1ccc(CC(C)NC(=O)C2CNC2)c(C)c1.Cl. The zero-order valence-corrected chi connectivity index (χ0v) is 12.6. The van der Waals surface area contributed by atoms with Gasteiger partial charge in [-0.25, -0.2) is 0 Å². The molecule has 106 valence electrons. The summed E-state index contributed by atoms with van der Waals surface area (Å²) in [5.41, 5.74) is 3.91. The van der Waals surface area contributed by atoms with E-state index in [-0.39, 0.29) is 30.3 Å². The number of benzene rings is 1. The minimum absolute atomic E-state index is 0. The Balaban J connectivity index is 0.00000180. The number of hydrogen-bond donors (Lipinski definition) is 2. The molecule has 1 aliphatic heterocycles. The second-order valence-electron chi connectivity index (χ2n) is 5.40. The van der Waals surface area contributed by atoms with E-state index in [1.54, 1.807) is 0 Å². The summed E-state index contributed by atoms with van der Waals surface area (Å²) in [4.78, 5) is 11.8. The highest BCUT2D eigenvalue weighted by molar-refractivity contribution is 5.85. The van der Waals surface area contributed by atoms with Crippen molar-refractivity contribution in [2.75, 3.05) is 13.1 Å². The van der Waals surface area contributed by atoms with E-state index in [0.29, 0.717) is 0 Å². The summed E-state index contributed by atoms with van der Waals surface area (Å²) in [6.45, 7) is 7.95. The number of carbonyl (C=O) groups excluding carboxylic acids is 1. The van der Waals surface area contributed by atoms with Gasteiger partial charge in [0, 0.05) is 19.1 Å². The van der Waals surface area contributed by atoms with Crippen molar-refractivity contribution in [1.82, 2.24) is 10.6 Å². The minimum Gasteiger partial charge on any atom is -0.353 e. The minimum atomic E-state index is 0. The van der Waals surface area contributed by atoms with Crippen molar-refractivity contribution in [1.29, 1.82) is 0 Å². The lowest BCUT2D eigenvalue weighted by molar-refractivity contribution is -0.127. The number of rotatable bonds is 4. The molecule has 0 aromatic heterocycles. The molecule has 0 radical (unpaired) electrons. The fraction of sp³-hybridized carbons (Fsp3) is 0.533. The Morgan fingerprint density at radius 2 is 2.11 bits per heavy atom. The van der Waals surface area contributed by atoms with E-state index in [9.17, 15) is 4.79 Å². The number of halogens is 1. The maximum absolute atomic E-state index is 11.8. The molecule has 1 atom stereocenters. The van der Waals surface area contributed by atoms with Crippen LogP contribution in [0.25, 0.3) is 0 Å². The fourth-order valence-electron chi connectivity index (χ4n) is 2.29. The Kier molecular flexibility index (Phi) is 5.83. The van der Waals surface area contributed by atoms with E-state index in [2.05, 4.69) is 49.6 Å². The molecule has 1 amide bonds. The van der Waals surface area contributed by atoms with Gasteiger partial charge in [-0.1, -0.05) is 23.8 Å². The molecule has 19 heavy (non-hydrogen) atoms. The molecule has 1 unspecified atom stereocenters. The van der Waals surface area contributed by atoms with Crippen LogP contribution in [-0.2, 0) is 11.2 Å². The number of nitrogens with one attached hydrogen (secondary N) is 2. The molecule has 0 saturated carbocycles. The van der Waals surface area contributed by atoms with Crippen molar-refractivity contribution in [2.45, 2.75) is 33.2 Å². The fourth-order valence-corrected chi connectivity index (χ4v) is 2.29. The molecule has 0 aliphatic carbocycles. The summed E-state index contributed by atoms with van der Waals surface area (Å²) in [7, 11) is 0. The van der Waals surface area contributed by atoms with Crippen LogP contribution in [0.15, 0.2) is 18.2 Å². The average molecular weight is 283 g/mol. The van der Waals surface area contributed by atoms with Crippen molar-refractivity contribution < 1.29 is 4.79 Å². The molecule has 0 spiro atoms. The van der Waals surface area contributed by atoms with Gasteiger partial charge in [0.05, 0.1) is 5.92 Å². The molecule has 2 N–H and O–H groups in total. The van der Waals surface area contributed by atoms with E-state index in [0.717, 1.165) is 19.5 Å². The van der Waals surface area contributed by atoms with Crippen molar-refractivity contribution in [2.24, 2.45) is 5.92 Å². The van der Waals surface area contributed by atoms with Gasteiger partial charge in [-0.2, -0.15) is 0 Å². The highest BCUT2D eigenvalue weighted by atomic mass is 35.5. The van der Waals surface area contributed by atoms with E-state index in [1.165, 1.54) is 16.7 Å². The van der Waals surface area contributed by atoms with Crippen molar-refractivity contribution in [3.8, 4) is 0 Å². The van der Waals surface area contributed by atoms with Gasteiger partial charge in [-0.3, -0.25) is 4.79 Å². The van der Waals surface area contributed by atoms with Crippen LogP contribution in [0.4, 0.5) is 0 Å². The summed E-state index contributed by atoms with van der Waals surface area (Å²) < 4.78 is 0. The third kappa shape index (κ3) is 4.22. The third-order valence-corrected chi connectivity index (χ3v) is 3.57. The van der Waals surface area contributed by atoms with Gasteiger partial charge in [0.1, 0.15) is 0 Å². The topological polar surface area (TPSA) is 41.1 Å². The highest BCUT2D eigenvalue weighted by Gasteiger charge is 2.25. The Morgan fingerprint density at radius 3 is 2.63 bits per heavy atom. The molecule has 1 aromatic rings. The monoisotopic (exact) mass is 282 g/mol. The van der Waals surface area contributed by atoms with E-state index in [1.807, 2.05) is 0 Å². The maximum atomic E-state index is 11.8. The summed E-state index contributed by atoms with van der Waals surface area (Å²) in [6, 6.07) is 6.68. The molecule has 1 heterocycles. The second kappa shape index (κ2) is 6.92. The zero-order chi connectivity index (χ0) is 13.1. The molecule has 2 rings (SSSR count). The van der Waals surface area contributed by atoms with Gasteiger partial charge in [-0.05, 0) is 38.3 Å². The van der Waals surface area contributed by atoms with Gasteiger partial charge in [-0.15, -0.1) is 12.4 Å². The van der Waals surface area contributed by atoms with Crippen LogP contribution in [-0.4, -0.2) is 25.0 Å². The smallest absolute Gasteiger partial charge is 0.225 e. The predicted octanol–water partition coefficient (Wildman–Crippen LogP) is 1.99. The van der Waals surface area contributed by atoms with Gasteiger partial charge in [0.2, 0.25) is 5.91 Å². The predicted molar refractivity (Wildman–Crippen MR) is 80.8 cm³/mol. The number of carbonyl (C=O) groups is 1. The molecule has 1 fully saturated rings. The molecule has 1 saturated heterocycles. The van der Waals surface area contributed by atoms with Crippen LogP contribution in [0.2, 0.25) is 0 Å². The Labute approximate surface area is 121 Å². The lowest BCUT2D eigenvalue weighted by Gasteiger charge is -2.27. The highest BCUT2D eigenvalue weighted by Crippen LogP contribution is 2.13. The van der Waals surface area contributed by atoms with Crippen molar-refractivity contribution >= 4 is 18.3 Å². The summed E-state index contributed by atoms with van der Waals surface area (Å²) in [6.07, 6.45) is 0.901. The zero-order valence-electron chi connectivity index (χ0n) is 11.8. The van der Waals surface area contributed by atoms with Crippen LogP contribution < -0.4 is 10.6 Å². The van der Waals surface area contributed by atoms with Crippen LogP contribution in [0.3, 0.4) is 0 Å². The van der Waals surface area contributed by atoms with E-state index in [4.69, 9.17) is 0 Å². The first-order chi connectivity index (χ1) is 8.56. The van der Waals surface area contributed by atoms with E-state index >= 15 is 0 Å². The third-order valence-electron chi connectivity index (χ3n) is 3.57. The Hall–Kier alpha value is -1.06. The molecule has 1 aromatic carbocycles. The second-order valence-corrected chi connectivity index (χ2v) is 5.40. The Morgan fingerprint density at radius 1 is 1.42 bits per heavy atom. The number of amides is 1. The number of aryl methyl sites for hydroxylation is 2. The molecule has 1 aliphatic rings. The summed E-state index contributed by atoms with van der Waals surface area (Å²) in [5, 5.41) is 6.21. The lowest BCUT2D eigenvalue weighted by Crippen LogP contribution is -2.52. The van der Waals surface area contributed by atoms with E-state index < -0.39 is 0 Å². The quantitative estimate of drug-likeness (QED) is 0.887. The largest absolute Gasteiger partial charge is 0.353 e. The Bertz CT molecular complexity index is 444. The van der Waals surface area contributed by atoms with Crippen LogP contribution in [0, 0.1) is 19.8 Å². The molecule has 3 nitrogen and oxygen atoms in total. The van der Waals surface area contributed by atoms with Gasteiger partial charge in [0.15, 0.2) is 0 Å².